The summed E-state index contributed by atoms with van der Waals surface area (Å²) in [5.41, 5.74) is 5.62. The van der Waals surface area contributed by atoms with Gasteiger partial charge in [-0.3, -0.25) is 19.2 Å². The van der Waals surface area contributed by atoms with Crippen LogP contribution in [0.4, 0.5) is 14.4 Å². The van der Waals surface area contributed by atoms with Crippen molar-refractivity contribution in [3.63, 3.8) is 0 Å². The number of rotatable bonds is 6. The summed E-state index contributed by atoms with van der Waals surface area (Å²) in [4.78, 5) is 64.1. The second kappa shape index (κ2) is 19.8. The summed E-state index contributed by atoms with van der Waals surface area (Å²) in [7, 11) is 13.1. The summed E-state index contributed by atoms with van der Waals surface area (Å²) in [5.74, 6) is -1.69. The molecule has 18 heteroatoms. The molecule has 0 saturated heterocycles. The molecule has 0 spiro atoms. The second-order valence-corrected chi connectivity index (χ2v) is 13.2. The van der Waals surface area contributed by atoms with Gasteiger partial charge in [-0.05, 0) is 71.7 Å². The molecule has 2 rings (SSSR count). The number of aromatic carboxylic acids is 1. The molecule has 0 aliphatic heterocycles. The van der Waals surface area contributed by atoms with E-state index in [-0.39, 0.29) is 43.7 Å². The second-order valence-electron chi connectivity index (χ2n) is 9.12. The average Bonchev–Trinajstić information content (AvgIpc) is 2.88. The first-order valence-electron chi connectivity index (χ1n) is 11.8. The van der Waals surface area contributed by atoms with Crippen molar-refractivity contribution in [3.05, 3.63) is 47.5 Å². The first-order chi connectivity index (χ1) is 19.4. The number of nitrogens with zero attached hydrogens (tertiary/aromatic N) is 4. The molecule has 0 atom stereocenters. The zero-order chi connectivity index (χ0) is 32.3. The number of hydrogen-bond acceptors (Lipinski definition) is 10. The summed E-state index contributed by atoms with van der Waals surface area (Å²) in [6.45, 7) is 0. The van der Waals surface area contributed by atoms with Gasteiger partial charge in [0.15, 0.2) is 0 Å². The van der Waals surface area contributed by atoms with E-state index >= 15 is 0 Å². The number of primary amides is 1. The lowest BCUT2D eigenvalue weighted by Gasteiger charge is -2.12. The highest BCUT2D eigenvalue weighted by Gasteiger charge is 2.16. The Morgan fingerprint density at radius 3 is 1.16 bits per heavy atom. The number of aliphatic hydroxyl groups is 1. The van der Waals surface area contributed by atoms with E-state index in [1.807, 2.05) is 0 Å². The van der Waals surface area contributed by atoms with Gasteiger partial charge in [0, 0.05) is 79.2 Å². The van der Waals surface area contributed by atoms with Crippen LogP contribution >= 0.6 is 47.0 Å². The minimum Gasteiger partial charge on any atom is -0.478 e. The first-order valence-corrected chi connectivity index (χ1v) is 15.1. The monoisotopic (exact) mass is 691 g/mol. The summed E-state index contributed by atoms with van der Waals surface area (Å²) in [5, 5.41) is 18.4. The van der Waals surface area contributed by atoms with Gasteiger partial charge >= 0.3 is 11.2 Å². The van der Waals surface area contributed by atoms with Crippen molar-refractivity contribution in [2.24, 2.45) is 5.73 Å². The summed E-state index contributed by atoms with van der Waals surface area (Å²) in [6.07, 6.45) is 0. The van der Waals surface area contributed by atoms with Crippen LogP contribution in [0.2, 0.25) is 0 Å². The SMILES string of the molecule is CN(C)C(=O)Sc1cc(SC(=O)N(C)C)cc(C(N)=O)c1.CN(C)C(=O)Sc1cc(SC(O)=[N+](C)C)cc(C(=O)O)c1.N.O. The minimum atomic E-state index is -1.08. The van der Waals surface area contributed by atoms with Gasteiger partial charge in [0.2, 0.25) is 5.91 Å². The van der Waals surface area contributed by atoms with Crippen molar-refractivity contribution >= 4 is 79.9 Å². The predicted molar refractivity (Wildman–Crippen MR) is 177 cm³/mol. The number of benzene rings is 2. The Labute approximate surface area is 273 Å². The molecule has 0 saturated carbocycles. The number of nitrogens with two attached hydrogens (primary N) is 1. The maximum Gasteiger partial charge on any atom is 0.402 e. The van der Waals surface area contributed by atoms with Crippen LogP contribution in [0.25, 0.3) is 0 Å². The maximum atomic E-state index is 11.7. The molecule has 4 amide bonds. The van der Waals surface area contributed by atoms with Gasteiger partial charge in [-0.15, -0.1) is 0 Å². The molecule has 0 bridgehead atoms. The molecular weight excluding hydrogens is 653 g/mol. The molecule has 9 N–H and O–H groups in total. The molecule has 14 nitrogen and oxygen atoms in total. The van der Waals surface area contributed by atoms with E-state index in [1.165, 1.54) is 31.4 Å². The third kappa shape index (κ3) is 14.8. The lowest BCUT2D eigenvalue weighted by atomic mass is 10.2. The highest BCUT2D eigenvalue weighted by molar-refractivity contribution is 8.14. The Morgan fingerprint density at radius 2 is 0.909 bits per heavy atom. The quantitative estimate of drug-likeness (QED) is 0.145. The van der Waals surface area contributed by atoms with Crippen LogP contribution in [-0.2, 0) is 0 Å². The summed E-state index contributed by atoms with van der Waals surface area (Å²) >= 11 is 3.92. The van der Waals surface area contributed by atoms with Crippen LogP contribution in [0.15, 0.2) is 56.0 Å². The van der Waals surface area contributed by atoms with Crippen LogP contribution in [0, 0.1) is 0 Å². The van der Waals surface area contributed by atoms with Crippen molar-refractivity contribution in [2.45, 2.75) is 19.6 Å². The zero-order valence-electron chi connectivity index (χ0n) is 25.6. The third-order valence-electron chi connectivity index (χ3n) is 4.59. The maximum absolute atomic E-state index is 11.7. The standard InChI is InChI=1S/C13H17N3O3S2.C13H16N2O4S2.H3N.H2O/c1-15(2)12(18)20-9-5-8(11(14)17)6-10(7-9)21-13(19)16(3)4;1-14(2)12(18)20-9-5-8(11(16)17)6-10(7-9)21-13(19)15(3)4;;/h5-7H,1-4H3,(H2,14,17);5-7H,1-4H3,(H,16,17);1H3;1H2/p+1. The van der Waals surface area contributed by atoms with E-state index in [1.54, 1.807) is 80.6 Å². The number of carbonyl (C=O) groups is 5. The lowest BCUT2D eigenvalue weighted by molar-refractivity contribution is -0.469. The van der Waals surface area contributed by atoms with Crippen LogP contribution in [-0.4, -0.2) is 124 Å². The Morgan fingerprint density at radius 1 is 0.614 bits per heavy atom. The van der Waals surface area contributed by atoms with Gasteiger partial charge in [-0.25, -0.2) is 4.79 Å². The van der Waals surface area contributed by atoms with Crippen molar-refractivity contribution in [2.75, 3.05) is 56.4 Å². The third-order valence-corrected chi connectivity index (χ3v) is 8.65. The number of amides is 4. The van der Waals surface area contributed by atoms with Gasteiger partial charge in [-0.1, -0.05) is 0 Å². The molecule has 44 heavy (non-hydrogen) atoms. The zero-order valence-corrected chi connectivity index (χ0v) is 28.9. The number of aliphatic hydroxyl groups excluding tert-OH is 1. The lowest BCUT2D eigenvalue weighted by Crippen LogP contribution is -2.17. The van der Waals surface area contributed by atoms with Crippen LogP contribution in [0.1, 0.15) is 20.7 Å². The molecule has 244 valence electrons. The summed E-state index contributed by atoms with van der Waals surface area (Å²) < 4.78 is 1.51. The molecule has 0 aliphatic rings. The van der Waals surface area contributed by atoms with E-state index < -0.39 is 11.9 Å². The highest BCUT2D eigenvalue weighted by Crippen LogP contribution is 2.30. The van der Waals surface area contributed by atoms with Crippen molar-refractivity contribution in [1.29, 1.82) is 0 Å². The fourth-order valence-electron chi connectivity index (χ4n) is 2.42. The van der Waals surface area contributed by atoms with E-state index in [4.69, 9.17) is 10.8 Å². The molecule has 0 aliphatic carbocycles. The van der Waals surface area contributed by atoms with Crippen LogP contribution in [0.3, 0.4) is 0 Å². The van der Waals surface area contributed by atoms with Crippen LogP contribution in [0.5, 0.6) is 0 Å². The Balaban J connectivity index is 0. The molecular formula is C26H39N6O8S4+. The van der Waals surface area contributed by atoms with E-state index in [0.29, 0.717) is 19.6 Å². The van der Waals surface area contributed by atoms with Crippen LogP contribution < -0.4 is 11.9 Å². The van der Waals surface area contributed by atoms with E-state index in [2.05, 4.69) is 0 Å². The number of carboxylic acid groups (broad SMARTS) is 1. The fraction of sp³-hybridized carbons (Fsp3) is 0.308. The van der Waals surface area contributed by atoms with Crippen molar-refractivity contribution in [1.82, 2.24) is 20.9 Å². The first kappa shape index (κ1) is 42.7. The molecule has 0 unspecified atom stereocenters. The molecule has 0 heterocycles. The summed E-state index contributed by atoms with van der Waals surface area (Å²) in [6, 6.07) is 9.33. The smallest absolute Gasteiger partial charge is 0.402 e. The van der Waals surface area contributed by atoms with Gasteiger partial charge in [-0.2, -0.15) is 4.58 Å². The average molecular weight is 692 g/mol. The highest BCUT2D eigenvalue weighted by atomic mass is 32.2. The molecule has 0 aromatic heterocycles. The molecule has 2 aromatic rings. The largest absolute Gasteiger partial charge is 0.478 e. The van der Waals surface area contributed by atoms with Crippen molar-refractivity contribution < 1.29 is 44.2 Å². The van der Waals surface area contributed by atoms with Gasteiger partial charge < -0.3 is 42.3 Å². The number of hydrogen-bond donors (Lipinski definition) is 4. The van der Waals surface area contributed by atoms with Gasteiger partial charge in [0.1, 0.15) is 14.1 Å². The Hall–Kier alpha value is -3.42. The number of thioether (sulfide) groups is 4. The predicted octanol–water partition coefficient (Wildman–Crippen LogP) is 4.11. The number of carbonyl (C=O) groups excluding carboxylic acids is 4. The fourth-order valence-corrected chi connectivity index (χ4v) is 5.60. The van der Waals surface area contributed by atoms with Crippen molar-refractivity contribution in [3.8, 4) is 0 Å². The van der Waals surface area contributed by atoms with Gasteiger partial charge in [0.25, 0.3) is 15.7 Å². The number of carboxylic acids is 1. The van der Waals surface area contributed by atoms with Gasteiger partial charge in [0.05, 0.1) is 5.56 Å². The van der Waals surface area contributed by atoms with E-state index in [0.717, 1.165) is 47.0 Å². The minimum absolute atomic E-state index is 0. The topological polar surface area (TPSA) is 231 Å². The molecule has 0 radical (unpaired) electrons. The molecule has 0 fully saturated rings. The normalized spacial score (nSPS) is 9.64. The Kier molecular flexibility index (Phi) is 19.2. The molecule has 2 aromatic carbocycles. The Bertz CT molecular complexity index is 1340. The van der Waals surface area contributed by atoms with E-state index in [9.17, 15) is 29.1 Å².